The molecule has 0 saturated heterocycles. The molecule has 0 N–H and O–H groups in total. The summed E-state index contributed by atoms with van der Waals surface area (Å²) in [6, 6.07) is 18.8. The lowest BCUT2D eigenvalue weighted by molar-refractivity contribution is 0.204. The summed E-state index contributed by atoms with van der Waals surface area (Å²) in [5.74, 6) is 1.45. The Morgan fingerprint density at radius 2 is 1.84 bits per heavy atom. The molecule has 0 amide bonds. The summed E-state index contributed by atoms with van der Waals surface area (Å²) in [5, 5.41) is 0.659. The number of nitrogens with zero attached hydrogens (tertiary/aromatic N) is 2. The van der Waals surface area contributed by atoms with Crippen LogP contribution in [0.3, 0.4) is 0 Å². The Morgan fingerprint density at radius 1 is 1.09 bits per heavy atom. The Hall–Kier alpha value is -2.40. The van der Waals surface area contributed by atoms with Crippen LogP contribution in [0.25, 0.3) is 11.5 Å². The molecule has 1 atom stereocenters. The highest BCUT2D eigenvalue weighted by Gasteiger charge is 2.33. The smallest absolute Gasteiger partial charge is 0.228 e. The molecule has 0 fully saturated rings. The van der Waals surface area contributed by atoms with Gasteiger partial charge in [0.25, 0.3) is 0 Å². The molecule has 0 radical (unpaired) electrons. The Morgan fingerprint density at radius 3 is 2.59 bits per heavy atom. The van der Waals surface area contributed by atoms with Crippen LogP contribution in [0, 0.1) is 13.8 Å². The molecule has 0 bridgehead atoms. The molecular weight excluding hydrogens is 436 g/mol. The Bertz CT molecular complexity index is 1240. The number of aryl methyl sites for hydroxylation is 2. The average Bonchev–Trinajstić information content (AvgIpc) is 3.32. The van der Waals surface area contributed by atoms with E-state index < -0.39 is 0 Å². The van der Waals surface area contributed by atoms with E-state index >= 15 is 0 Å². The third kappa shape index (κ3) is 3.81. The maximum absolute atomic E-state index is 6.39. The molecule has 0 aliphatic carbocycles. The second kappa shape index (κ2) is 8.86. The van der Waals surface area contributed by atoms with Crippen LogP contribution in [0.15, 0.2) is 59.0 Å². The number of hydrogen-bond donors (Lipinski definition) is 0. The van der Waals surface area contributed by atoms with Crippen molar-refractivity contribution in [2.75, 3.05) is 6.54 Å². The zero-order valence-electron chi connectivity index (χ0n) is 18.7. The quantitative estimate of drug-likeness (QED) is 0.309. The van der Waals surface area contributed by atoms with Gasteiger partial charge in [0.1, 0.15) is 5.76 Å². The summed E-state index contributed by atoms with van der Waals surface area (Å²) in [5.41, 5.74) is 6.27. The molecule has 1 aliphatic heterocycles. The average molecular weight is 463 g/mol. The Balaban J connectivity index is 1.52. The van der Waals surface area contributed by atoms with Crippen molar-refractivity contribution in [1.82, 2.24) is 9.88 Å². The molecule has 5 rings (SSSR count). The molecule has 3 heterocycles. The van der Waals surface area contributed by atoms with Gasteiger partial charge in [0, 0.05) is 22.8 Å². The number of aromatic nitrogens is 1. The highest BCUT2D eigenvalue weighted by atomic mass is 35.5. The van der Waals surface area contributed by atoms with Gasteiger partial charge in [-0.2, -0.15) is 0 Å². The van der Waals surface area contributed by atoms with Gasteiger partial charge in [-0.05, 0) is 55.5 Å². The van der Waals surface area contributed by atoms with E-state index in [2.05, 4.69) is 49.1 Å². The fourth-order valence-electron chi connectivity index (χ4n) is 4.84. The van der Waals surface area contributed by atoms with Crippen molar-refractivity contribution in [3.8, 4) is 11.5 Å². The van der Waals surface area contributed by atoms with Gasteiger partial charge in [-0.15, -0.1) is 11.3 Å². The number of thiophene rings is 1. The minimum absolute atomic E-state index is 0.240. The molecule has 3 nitrogen and oxygen atoms in total. The minimum Gasteiger partial charge on any atom is -0.441 e. The third-order valence-corrected chi connectivity index (χ3v) is 8.00. The normalized spacial score (nSPS) is 16.3. The SMILES string of the molecule is CCc1c(C)sc2c1CCN(Cc1nc(-c3ccccc3Cl)oc1C)[C@H]2c1ccccc1. The second-order valence-corrected chi connectivity index (χ2v) is 10.0. The summed E-state index contributed by atoms with van der Waals surface area (Å²) in [6.45, 7) is 8.29. The van der Waals surface area contributed by atoms with Crippen LogP contribution in [0.2, 0.25) is 5.02 Å². The van der Waals surface area contributed by atoms with Crippen molar-refractivity contribution in [1.29, 1.82) is 0 Å². The monoisotopic (exact) mass is 462 g/mol. The number of hydrogen-bond acceptors (Lipinski definition) is 4. The largest absolute Gasteiger partial charge is 0.441 e. The first-order valence-electron chi connectivity index (χ1n) is 11.2. The first kappa shape index (κ1) is 21.4. The molecule has 2 aromatic carbocycles. The van der Waals surface area contributed by atoms with Crippen LogP contribution in [0.5, 0.6) is 0 Å². The molecule has 32 heavy (non-hydrogen) atoms. The van der Waals surface area contributed by atoms with Crippen LogP contribution >= 0.6 is 22.9 Å². The number of benzene rings is 2. The first-order chi connectivity index (χ1) is 15.6. The van der Waals surface area contributed by atoms with Crippen LogP contribution in [0.4, 0.5) is 0 Å². The number of halogens is 1. The molecule has 4 aromatic rings. The van der Waals surface area contributed by atoms with Crippen molar-refractivity contribution in [2.45, 2.75) is 46.2 Å². The number of oxazole rings is 1. The van der Waals surface area contributed by atoms with Crippen molar-refractivity contribution >= 4 is 22.9 Å². The second-order valence-electron chi connectivity index (χ2n) is 8.37. The summed E-state index contributed by atoms with van der Waals surface area (Å²) in [4.78, 5) is 10.4. The molecule has 164 valence electrons. The topological polar surface area (TPSA) is 29.3 Å². The molecule has 0 spiro atoms. The zero-order chi connectivity index (χ0) is 22.2. The van der Waals surface area contributed by atoms with Gasteiger partial charge >= 0.3 is 0 Å². The lowest BCUT2D eigenvalue weighted by Crippen LogP contribution is -2.35. The van der Waals surface area contributed by atoms with Gasteiger partial charge in [0.2, 0.25) is 5.89 Å². The highest BCUT2D eigenvalue weighted by Crippen LogP contribution is 2.43. The van der Waals surface area contributed by atoms with E-state index in [1.54, 1.807) is 11.1 Å². The van der Waals surface area contributed by atoms with E-state index in [0.29, 0.717) is 10.9 Å². The van der Waals surface area contributed by atoms with Gasteiger partial charge in [0.15, 0.2) is 0 Å². The molecule has 0 saturated carbocycles. The number of rotatable bonds is 5. The predicted octanol–water partition coefficient (Wildman–Crippen LogP) is 7.38. The van der Waals surface area contributed by atoms with Gasteiger partial charge < -0.3 is 4.42 Å². The summed E-state index contributed by atoms with van der Waals surface area (Å²) in [6.07, 6.45) is 2.18. The van der Waals surface area contributed by atoms with Crippen molar-refractivity contribution < 1.29 is 4.42 Å². The van der Waals surface area contributed by atoms with Gasteiger partial charge in [-0.25, -0.2) is 4.98 Å². The van der Waals surface area contributed by atoms with Gasteiger partial charge in [0.05, 0.1) is 22.3 Å². The maximum Gasteiger partial charge on any atom is 0.228 e. The molecule has 1 aliphatic rings. The van der Waals surface area contributed by atoms with Gasteiger partial charge in [-0.1, -0.05) is 61.0 Å². The number of fused-ring (bicyclic) bond motifs is 1. The lowest BCUT2D eigenvalue weighted by atomic mass is 9.91. The highest BCUT2D eigenvalue weighted by molar-refractivity contribution is 7.12. The first-order valence-corrected chi connectivity index (χ1v) is 12.4. The van der Waals surface area contributed by atoms with Crippen LogP contribution in [0.1, 0.15) is 50.9 Å². The standard InChI is InChI=1S/C27H27ClN2OS/c1-4-20-18(3)32-26-21(20)14-15-30(25(26)19-10-6-5-7-11-19)16-24-17(2)31-27(29-24)22-12-8-9-13-23(22)28/h5-13,25H,4,14-16H2,1-3H3/t25-/m0/s1. The van der Waals surface area contributed by atoms with Crippen LogP contribution < -0.4 is 0 Å². The van der Waals surface area contributed by atoms with Crippen molar-refractivity contribution in [3.63, 3.8) is 0 Å². The van der Waals surface area contributed by atoms with E-state index in [9.17, 15) is 0 Å². The van der Waals surface area contributed by atoms with E-state index in [1.165, 1.54) is 15.3 Å². The fourth-order valence-corrected chi connectivity index (χ4v) is 6.52. The summed E-state index contributed by atoms with van der Waals surface area (Å²) in [7, 11) is 0. The lowest BCUT2D eigenvalue weighted by Gasteiger charge is -2.36. The molecule has 0 unspecified atom stereocenters. The van der Waals surface area contributed by atoms with E-state index in [4.69, 9.17) is 21.0 Å². The van der Waals surface area contributed by atoms with Crippen LogP contribution in [-0.4, -0.2) is 16.4 Å². The molecule has 5 heteroatoms. The van der Waals surface area contributed by atoms with Crippen molar-refractivity contribution in [3.05, 3.63) is 97.5 Å². The van der Waals surface area contributed by atoms with Crippen LogP contribution in [-0.2, 0) is 19.4 Å². The van der Waals surface area contributed by atoms with Crippen molar-refractivity contribution in [2.24, 2.45) is 0 Å². The summed E-state index contributed by atoms with van der Waals surface area (Å²) >= 11 is 8.36. The van der Waals surface area contributed by atoms with E-state index in [1.807, 2.05) is 42.5 Å². The fraction of sp³-hybridized carbons (Fsp3) is 0.296. The Kier molecular flexibility index (Phi) is 5.93. The third-order valence-electron chi connectivity index (χ3n) is 6.43. The van der Waals surface area contributed by atoms with E-state index in [-0.39, 0.29) is 6.04 Å². The minimum atomic E-state index is 0.240. The predicted molar refractivity (Wildman–Crippen MR) is 133 cm³/mol. The van der Waals surface area contributed by atoms with E-state index in [0.717, 1.165) is 42.9 Å². The molecule has 2 aromatic heterocycles. The Labute approximate surface area is 198 Å². The zero-order valence-corrected chi connectivity index (χ0v) is 20.3. The van der Waals surface area contributed by atoms with Gasteiger partial charge in [-0.3, -0.25) is 4.90 Å². The molecular formula is C27H27ClN2OS. The summed E-state index contributed by atoms with van der Waals surface area (Å²) < 4.78 is 6.05. The maximum atomic E-state index is 6.39.